The van der Waals surface area contributed by atoms with E-state index in [0.717, 1.165) is 11.1 Å². The zero-order valence-electron chi connectivity index (χ0n) is 8.73. The van der Waals surface area contributed by atoms with E-state index in [-0.39, 0.29) is 5.97 Å². The van der Waals surface area contributed by atoms with Crippen LogP contribution >= 0.6 is 0 Å². The van der Waals surface area contributed by atoms with Crippen LogP contribution in [0.25, 0.3) is 5.52 Å². The first-order valence-corrected chi connectivity index (χ1v) is 4.84. The largest absolute Gasteiger partial charge is 0.462 e. The zero-order chi connectivity index (χ0) is 10.8. The second kappa shape index (κ2) is 3.73. The molecule has 0 amide bonds. The maximum atomic E-state index is 11.6. The molecule has 4 heteroatoms. The summed E-state index contributed by atoms with van der Waals surface area (Å²) in [5.41, 5.74) is 2.41. The number of hydrogen-bond acceptors (Lipinski definition) is 3. The molecule has 0 aliphatic carbocycles. The molecule has 15 heavy (non-hydrogen) atoms. The van der Waals surface area contributed by atoms with E-state index in [4.69, 9.17) is 4.74 Å². The Morgan fingerprint density at radius 1 is 1.60 bits per heavy atom. The number of rotatable bonds is 2. The van der Waals surface area contributed by atoms with Crippen LogP contribution in [0.5, 0.6) is 0 Å². The number of nitrogens with zero attached hydrogens (tertiary/aromatic N) is 2. The molecule has 0 radical (unpaired) electrons. The lowest BCUT2D eigenvalue weighted by molar-refractivity contribution is 0.0525. The van der Waals surface area contributed by atoms with Crippen molar-refractivity contribution >= 4 is 11.5 Å². The molecule has 2 heterocycles. The fourth-order valence-electron chi connectivity index (χ4n) is 1.55. The van der Waals surface area contributed by atoms with E-state index in [9.17, 15) is 4.79 Å². The van der Waals surface area contributed by atoms with Gasteiger partial charge in [-0.25, -0.2) is 9.31 Å². The average Bonchev–Trinajstić information content (AvgIpc) is 2.57. The molecular weight excluding hydrogens is 192 g/mol. The number of fused-ring (bicyclic) bond motifs is 1. The van der Waals surface area contributed by atoms with Crippen molar-refractivity contribution in [3.63, 3.8) is 0 Å². The summed E-state index contributed by atoms with van der Waals surface area (Å²) < 4.78 is 6.64. The van der Waals surface area contributed by atoms with Gasteiger partial charge in [-0.3, -0.25) is 0 Å². The Morgan fingerprint density at radius 3 is 3.07 bits per heavy atom. The summed E-state index contributed by atoms with van der Waals surface area (Å²) in [5, 5.41) is 4.11. The predicted octanol–water partition coefficient (Wildman–Crippen LogP) is 1.82. The minimum Gasteiger partial charge on any atom is -0.462 e. The van der Waals surface area contributed by atoms with Crippen molar-refractivity contribution in [2.24, 2.45) is 0 Å². The van der Waals surface area contributed by atoms with Crippen molar-refractivity contribution in [3.05, 3.63) is 35.7 Å². The summed E-state index contributed by atoms with van der Waals surface area (Å²) in [5.74, 6) is -0.291. The van der Waals surface area contributed by atoms with Gasteiger partial charge >= 0.3 is 5.97 Å². The first kappa shape index (κ1) is 9.71. The molecule has 78 valence electrons. The van der Waals surface area contributed by atoms with Gasteiger partial charge in [-0.2, -0.15) is 5.10 Å². The second-order valence-corrected chi connectivity index (χ2v) is 3.24. The number of aromatic nitrogens is 2. The van der Waals surface area contributed by atoms with E-state index in [2.05, 4.69) is 5.10 Å². The highest BCUT2D eigenvalue weighted by Crippen LogP contribution is 2.16. The molecule has 4 nitrogen and oxygen atoms in total. The Hall–Kier alpha value is -1.84. The molecule has 0 unspecified atom stereocenters. The summed E-state index contributed by atoms with van der Waals surface area (Å²) in [6, 6.07) is 3.77. The van der Waals surface area contributed by atoms with Gasteiger partial charge in [-0.05, 0) is 31.5 Å². The summed E-state index contributed by atoms with van der Waals surface area (Å²) in [4.78, 5) is 11.6. The van der Waals surface area contributed by atoms with E-state index < -0.39 is 0 Å². The van der Waals surface area contributed by atoms with E-state index >= 15 is 0 Å². The lowest BCUT2D eigenvalue weighted by Crippen LogP contribution is -2.04. The zero-order valence-corrected chi connectivity index (χ0v) is 8.73. The fourth-order valence-corrected chi connectivity index (χ4v) is 1.55. The van der Waals surface area contributed by atoms with Gasteiger partial charge in [-0.15, -0.1) is 0 Å². The van der Waals surface area contributed by atoms with Crippen molar-refractivity contribution in [1.82, 2.24) is 9.61 Å². The lowest BCUT2D eigenvalue weighted by atomic mass is 10.2. The quantitative estimate of drug-likeness (QED) is 0.701. The standard InChI is InChI=1S/C11H12N2O2/c1-3-15-11(14)9-7-13-10(8(9)2)5-4-6-12-13/h4-7H,3H2,1-2H3. The Labute approximate surface area is 87.5 Å². The first-order chi connectivity index (χ1) is 7.24. The Balaban J connectivity index is 2.53. The van der Waals surface area contributed by atoms with Crippen molar-refractivity contribution in [2.45, 2.75) is 13.8 Å². The van der Waals surface area contributed by atoms with Crippen LogP contribution in [-0.2, 0) is 4.74 Å². The monoisotopic (exact) mass is 204 g/mol. The number of hydrogen-bond donors (Lipinski definition) is 0. The van der Waals surface area contributed by atoms with Crippen LogP contribution < -0.4 is 0 Å². The molecule has 2 aromatic heterocycles. The van der Waals surface area contributed by atoms with Gasteiger partial charge in [0.25, 0.3) is 0 Å². The molecule has 0 spiro atoms. The first-order valence-electron chi connectivity index (χ1n) is 4.84. The van der Waals surface area contributed by atoms with Crippen LogP contribution in [0.2, 0.25) is 0 Å². The normalized spacial score (nSPS) is 10.5. The highest BCUT2D eigenvalue weighted by molar-refractivity contribution is 5.93. The number of ether oxygens (including phenoxy) is 1. The van der Waals surface area contributed by atoms with Crippen LogP contribution in [0.1, 0.15) is 22.8 Å². The SMILES string of the molecule is CCOC(=O)c1cn2ncccc2c1C. The minimum atomic E-state index is -0.291. The van der Waals surface area contributed by atoms with Gasteiger partial charge in [0.1, 0.15) is 0 Å². The molecular formula is C11H12N2O2. The number of aryl methyl sites for hydroxylation is 1. The van der Waals surface area contributed by atoms with Gasteiger partial charge in [-0.1, -0.05) is 0 Å². The van der Waals surface area contributed by atoms with Gasteiger partial charge in [0.05, 0.1) is 17.7 Å². The van der Waals surface area contributed by atoms with Crippen LogP contribution in [0, 0.1) is 6.92 Å². The summed E-state index contributed by atoms with van der Waals surface area (Å²) in [6.07, 6.45) is 3.38. The van der Waals surface area contributed by atoms with Crippen LogP contribution in [0.15, 0.2) is 24.5 Å². The molecule has 0 N–H and O–H groups in total. The molecule has 2 aromatic rings. The number of carbonyl (C=O) groups is 1. The molecule has 0 saturated carbocycles. The molecule has 0 bridgehead atoms. The fraction of sp³-hybridized carbons (Fsp3) is 0.273. The Kier molecular flexibility index (Phi) is 2.41. The highest BCUT2D eigenvalue weighted by Gasteiger charge is 2.14. The van der Waals surface area contributed by atoms with Crippen molar-refractivity contribution in [3.8, 4) is 0 Å². The van der Waals surface area contributed by atoms with Crippen molar-refractivity contribution in [1.29, 1.82) is 0 Å². The molecule has 0 atom stereocenters. The van der Waals surface area contributed by atoms with Crippen molar-refractivity contribution in [2.75, 3.05) is 6.61 Å². The van der Waals surface area contributed by atoms with Gasteiger partial charge in [0.15, 0.2) is 0 Å². The van der Waals surface area contributed by atoms with Gasteiger partial charge in [0.2, 0.25) is 0 Å². The highest BCUT2D eigenvalue weighted by atomic mass is 16.5. The maximum Gasteiger partial charge on any atom is 0.340 e. The summed E-state index contributed by atoms with van der Waals surface area (Å²) >= 11 is 0. The average molecular weight is 204 g/mol. The molecule has 0 aliphatic rings. The minimum absolute atomic E-state index is 0.291. The Bertz CT molecular complexity index is 502. The molecule has 0 aliphatic heterocycles. The number of carbonyl (C=O) groups excluding carboxylic acids is 1. The van der Waals surface area contributed by atoms with E-state index in [1.54, 1.807) is 23.8 Å². The topological polar surface area (TPSA) is 43.6 Å². The third kappa shape index (κ3) is 1.58. The molecule has 0 fully saturated rings. The van der Waals surface area contributed by atoms with Gasteiger partial charge in [0, 0.05) is 12.4 Å². The van der Waals surface area contributed by atoms with E-state index in [0.29, 0.717) is 12.2 Å². The summed E-state index contributed by atoms with van der Waals surface area (Å²) in [7, 11) is 0. The Morgan fingerprint density at radius 2 is 2.40 bits per heavy atom. The van der Waals surface area contributed by atoms with E-state index in [1.165, 1.54) is 0 Å². The smallest absolute Gasteiger partial charge is 0.340 e. The number of esters is 1. The van der Waals surface area contributed by atoms with Crippen molar-refractivity contribution < 1.29 is 9.53 Å². The van der Waals surface area contributed by atoms with E-state index in [1.807, 2.05) is 19.1 Å². The molecule has 0 saturated heterocycles. The molecule has 2 rings (SSSR count). The maximum absolute atomic E-state index is 11.6. The lowest BCUT2D eigenvalue weighted by Gasteiger charge is -1.98. The van der Waals surface area contributed by atoms with Crippen LogP contribution in [0.3, 0.4) is 0 Å². The summed E-state index contributed by atoms with van der Waals surface area (Å²) in [6.45, 7) is 4.07. The van der Waals surface area contributed by atoms with Crippen LogP contribution in [0.4, 0.5) is 0 Å². The predicted molar refractivity (Wildman–Crippen MR) is 55.9 cm³/mol. The molecule has 0 aromatic carbocycles. The van der Waals surface area contributed by atoms with Crippen LogP contribution in [-0.4, -0.2) is 22.2 Å². The third-order valence-electron chi connectivity index (χ3n) is 2.31. The second-order valence-electron chi connectivity index (χ2n) is 3.24. The third-order valence-corrected chi connectivity index (χ3v) is 2.31. The van der Waals surface area contributed by atoms with Gasteiger partial charge < -0.3 is 4.74 Å².